The van der Waals surface area contributed by atoms with Gasteiger partial charge in [-0.25, -0.2) is 9.59 Å². The summed E-state index contributed by atoms with van der Waals surface area (Å²) in [5, 5.41) is 0.958. The van der Waals surface area contributed by atoms with E-state index in [9.17, 15) is 14.4 Å². The van der Waals surface area contributed by atoms with Crippen LogP contribution in [-0.4, -0.2) is 53.7 Å². The fourth-order valence-electron chi connectivity index (χ4n) is 1.82. The molecule has 1 aliphatic rings. The lowest BCUT2D eigenvalue weighted by Crippen LogP contribution is -2.55. The average molecular weight is 285 g/mol. The predicted octanol–water partition coefficient (Wildman–Crippen LogP) is -0.00370. The largest absolute Gasteiger partial charge is 0.464 e. The van der Waals surface area contributed by atoms with Crippen LogP contribution >= 0.6 is 0 Å². The molecule has 0 aliphatic carbocycles. The molecule has 8 nitrogen and oxygen atoms in total. The van der Waals surface area contributed by atoms with E-state index >= 15 is 0 Å². The van der Waals surface area contributed by atoms with Crippen LogP contribution in [0.5, 0.6) is 0 Å². The van der Waals surface area contributed by atoms with Crippen molar-refractivity contribution in [2.24, 2.45) is 5.73 Å². The second-order valence-electron chi connectivity index (χ2n) is 4.10. The van der Waals surface area contributed by atoms with Crippen LogP contribution in [0.3, 0.4) is 0 Å². The van der Waals surface area contributed by atoms with Crippen LogP contribution < -0.4 is 5.73 Å². The van der Waals surface area contributed by atoms with Crippen molar-refractivity contribution in [1.82, 2.24) is 9.96 Å². The normalized spacial score (nSPS) is 18.9. The van der Waals surface area contributed by atoms with Gasteiger partial charge in [0.2, 0.25) is 5.91 Å². The Hall–Kier alpha value is -2.09. The first-order valence-corrected chi connectivity index (χ1v) is 6.29. The zero-order valence-corrected chi connectivity index (χ0v) is 11.8. The fourth-order valence-corrected chi connectivity index (χ4v) is 1.82. The molecule has 0 spiro atoms. The molecule has 112 valence electrons. The third-order valence-corrected chi connectivity index (χ3v) is 2.72. The average Bonchev–Trinajstić information content (AvgIpc) is 2.38. The number of urea groups is 1. The van der Waals surface area contributed by atoms with E-state index in [1.165, 1.54) is 11.0 Å². The standard InChI is InChI=1S/C12H19N3O5/c1-4-14-9(11(13)17)6-8(3)15(12(14)18)20-7-10(16)19-5-2/h6,9H,4-5,7H2,1-3H3,(H2,13,17)/t9-/m0/s1. The number of allylic oxidation sites excluding steroid dienone is 1. The number of primary amides is 1. The number of amides is 3. The molecule has 0 aromatic rings. The molecule has 0 aromatic carbocycles. The van der Waals surface area contributed by atoms with Crippen LogP contribution in [0.1, 0.15) is 20.8 Å². The highest BCUT2D eigenvalue weighted by molar-refractivity contribution is 5.89. The lowest BCUT2D eigenvalue weighted by Gasteiger charge is -2.36. The highest BCUT2D eigenvalue weighted by Crippen LogP contribution is 2.19. The second-order valence-corrected chi connectivity index (χ2v) is 4.10. The van der Waals surface area contributed by atoms with Crippen LogP contribution in [0, 0.1) is 0 Å². The van der Waals surface area contributed by atoms with Crippen molar-refractivity contribution in [3.05, 3.63) is 11.8 Å². The van der Waals surface area contributed by atoms with Crippen LogP contribution in [0.25, 0.3) is 0 Å². The first-order valence-electron chi connectivity index (χ1n) is 6.29. The Morgan fingerprint density at radius 1 is 1.40 bits per heavy atom. The minimum Gasteiger partial charge on any atom is -0.464 e. The number of hydroxylamine groups is 2. The molecular weight excluding hydrogens is 266 g/mol. The van der Waals surface area contributed by atoms with E-state index in [0.29, 0.717) is 5.70 Å². The maximum Gasteiger partial charge on any atom is 0.349 e. The van der Waals surface area contributed by atoms with Crippen molar-refractivity contribution in [3.8, 4) is 0 Å². The number of hydrogen-bond donors (Lipinski definition) is 1. The van der Waals surface area contributed by atoms with Crippen LogP contribution in [0.15, 0.2) is 11.8 Å². The van der Waals surface area contributed by atoms with E-state index in [4.69, 9.17) is 15.3 Å². The van der Waals surface area contributed by atoms with Gasteiger partial charge in [0, 0.05) is 12.2 Å². The Labute approximate surface area is 117 Å². The summed E-state index contributed by atoms with van der Waals surface area (Å²) in [6.07, 6.45) is 1.51. The van der Waals surface area contributed by atoms with Crippen LogP contribution in [0.4, 0.5) is 4.79 Å². The topological polar surface area (TPSA) is 102 Å². The summed E-state index contributed by atoms with van der Waals surface area (Å²) in [6, 6.07) is -1.35. The monoisotopic (exact) mass is 285 g/mol. The summed E-state index contributed by atoms with van der Waals surface area (Å²) >= 11 is 0. The number of ether oxygens (including phenoxy) is 1. The van der Waals surface area contributed by atoms with Crippen LogP contribution in [0.2, 0.25) is 0 Å². The Kier molecular flexibility index (Phi) is 5.51. The zero-order chi connectivity index (χ0) is 15.3. The molecule has 8 heteroatoms. The number of carbonyl (C=O) groups excluding carboxylic acids is 3. The minimum absolute atomic E-state index is 0.232. The number of hydrogen-bond acceptors (Lipinski definition) is 5. The van der Waals surface area contributed by atoms with Gasteiger partial charge in [-0.2, -0.15) is 5.06 Å². The molecule has 1 heterocycles. The Morgan fingerprint density at radius 2 is 2.05 bits per heavy atom. The molecular formula is C12H19N3O5. The molecule has 0 aromatic heterocycles. The van der Waals surface area contributed by atoms with E-state index in [0.717, 1.165) is 5.06 Å². The first-order chi connectivity index (χ1) is 9.42. The highest BCUT2D eigenvalue weighted by Gasteiger charge is 2.35. The lowest BCUT2D eigenvalue weighted by molar-refractivity contribution is -0.165. The zero-order valence-electron chi connectivity index (χ0n) is 11.8. The number of carbonyl (C=O) groups is 3. The van der Waals surface area contributed by atoms with Gasteiger partial charge in [0.1, 0.15) is 6.04 Å². The summed E-state index contributed by atoms with van der Waals surface area (Å²) in [5.41, 5.74) is 5.65. The molecule has 0 unspecified atom stereocenters. The lowest BCUT2D eigenvalue weighted by atomic mass is 10.1. The third kappa shape index (κ3) is 3.47. The molecule has 2 N–H and O–H groups in total. The second kappa shape index (κ2) is 6.90. The quantitative estimate of drug-likeness (QED) is 0.692. The fraction of sp³-hybridized carbons (Fsp3) is 0.583. The SMILES string of the molecule is CCOC(=O)CON1C(=O)N(CC)[C@H](C(N)=O)C=C1C. The van der Waals surface area contributed by atoms with Gasteiger partial charge in [-0.15, -0.1) is 0 Å². The molecule has 0 saturated carbocycles. The number of esters is 1. The number of nitrogens with zero attached hydrogens (tertiary/aromatic N) is 2. The minimum atomic E-state index is -0.810. The summed E-state index contributed by atoms with van der Waals surface area (Å²) < 4.78 is 4.71. The van der Waals surface area contributed by atoms with Gasteiger partial charge in [-0.05, 0) is 26.8 Å². The smallest absolute Gasteiger partial charge is 0.349 e. The predicted molar refractivity (Wildman–Crippen MR) is 68.9 cm³/mol. The molecule has 1 aliphatic heterocycles. The highest BCUT2D eigenvalue weighted by atomic mass is 16.7. The van der Waals surface area contributed by atoms with E-state index in [1.807, 2.05) is 0 Å². The van der Waals surface area contributed by atoms with E-state index in [1.54, 1.807) is 20.8 Å². The summed E-state index contributed by atoms with van der Waals surface area (Å²) in [4.78, 5) is 41.1. The molecule has 0 fully saturated rings. The van der Waals surface area contributed by atoms with Gasteiger partial charge in [-0.3, -0.25) is 9.63 Å². The molecule has 0 bridgehead atoms. The summed E-state index contributed by atoms with van der Waals surface area (Å²) in [5.74, 6) is -1.20. The number of nitrogens with two attached hydrogens (primary N) is 1. The van der Waals surface area contributed by atoms with Gasteiger partial charge >= 0.3 is 12.0 Å². The van der Waals surface area contributed by atoms with Crippen molar-refractivity contribution >= 4 is 17.9 Å². The van der Waals surface area contributed by atoms with Crippen molar-refractivity contribution in [2.75, 3.05) is 19.8 Å². The van der Waals surface area contributed by atoms with Crippen molar-refractivity contribution in [3.63, 3.8) is 0 Å². The Balaban J connectivity index is 2.82. The van der Waals surface area contributed by atoms with Crippen molar-refractivity contribution in [2.45, 2.75) is 26.8 Å². The summed E-state index contributed by atoms with van der Waals surface area (Å²) in [7, 11) is 0. The third-order valence-electron chi connectivity index (χ3n) is 2.72. The van der Waals surface area contributed by atoms with E-state index in [-0.39, 0.29) is 19.8 Å². The Bertz CT molecular complexity index is 435. The van der Waals surface area contributed by atoms with Gasteiger partial charge in [0.25, 0.3) is 0 Å². The molecule has 1 rings (SSSR count). The number of rotatable bonds is 6. The molecule has 1 atom stereocenters. The molecule has 0 radical (unpaired) electrons. The first kappa shape index (κ1) is 16.0. The van der Waals surface area contributed by atoms with Crippen molar-refractivity contribution < 1.29 is 24.0 Å². The van der Waals surface area contributed by atoms with E-state index < -0.39 is 23.9 Å². The molecule has 20 heavy (non-hydrogen) atoms. The number of likely N-dealkylation sites (N-methyl/N-ethyl adjacent to an activating group) is 1. The van der Waals surface area contributed by atoms with Gasteiger partial charge < -0.3 is 15.4 Å². The van der Waals surface area contributed by atoms with Gasteiger partial charge in [-0.1, -0.05) is 0 Å². The van der Waals surface area contributed by atoms with Gasteiger partial charge in [0.15, 0.2) is 6.61 Å². The maximum absolute atomic E-state index is 12.2. The van der Waals surface area contributed by atoms with Crippen molar-refractivity contribution in [1.29, 1.82) is 0 Å². The van der Waals surface area contributed by atoms with Gasteiger partial charge in [0.05, 0.1) is 6.61 Å². The maximum atomic E-state index is 12.2. The summed E-state index contributed by atoms with van der Waals surface area (Å²) in [6.45, 7) is 5.11. The molecule has 3 amide bonds. The molecule has 0 saturated heterocycles. The van der Waals surface area contributed by atoms with E-state index in [2.05, 4.69) is 0 Å². The Morgan fingerprint density at radius 3 is 2.55 bits per heavy atom. The van der Waals surface area contributed by atoms with Crippen LogP contribution in [-0.2, 0) is 19.2 Å².